The van der Waals surface area contributed by atoms with Gasteiger partial charge in [-0.15, -0.1) is 5.10 Å². The van der Waals surface area contributed by atoms with Crippen molar-refractivity contribution in [2.75, 3.05) is 23.8 Å². The molecule has 1 aromatic heterocycles. The van der Waals surface area contributed by atoms with E-state index in [1.54, 1.807) is 0 Å². The first kappa shape index (κ1) is 12.4. The van der Waals surface area contributed by atoms with Crippen LogP contribution in [0.5, 0.6) is 0 Å². The Morgan fingerprint density at radius 2 is 1.80 bits per heavy atom. The number of nitrogens with zero attached hydrogens (tertiary/aromatic N) is 4. The fraction of sp³-hybridized carbons (Fsp3) is 0.700. The zero-order valence-electron chi connectivity index (χ0n) is 9.50. The van der Waals surface area contributed by atoms with Crippen LogP contribution in [0.4, 0.5) is 5.95 Å². The third-order valence-corrected chi connectivity index (χ3v) is 2.61. The van der Waals surface area contributed by atoms with Crippen molar-refractivity contribution >= 4 is 21.9 Å². The number of alkyl halides is 1. The van der Waals surface area contributed by atoms with Gasteiger partial charge in [0.25, 0.3) is 0 Å². The van der Waals surface area contributed by atoms with E-state index in [0.717, 1.165) is 36.1 Å². The maximum Gasteiger partial charge on any atom is 0.245 e. The Bertz CT molecular complexity index is 316. The van der Waals surface area contributed by atoms with Crippen molar-refractivity contribution < 1.29 is 0 Å². The monoisotopic (exact) mass is 272 g/mol. The van der Waals surface area contributed by atoms with E-state index in [-0.39, 0.29) is 0 Å². The highest BCUT2D eigenvalue weighted by Crippen LogP contribution is 2.09. The molecule has 0 N–H and O–H groups in total. The van der Waals surface area contributed by atoms with Crippen LogP contribution in [0.3, 0.4) is 0 Å². The molecule has 0 bridgehead atoms. The fourth-order valence-corrected chi connectivity index (χ4v) is 1.85. The van der Waals surface area contributed by atoms with Gasteiger partial charge in [0.05, 0.1) is 11.4 Å². The Kier molecular flexibility index (Phi) is 4.94. The molecule has 0 saturated heterocycles. The molecular formula is C10H17BrN4. The highest BCUT2D eigenvalue weighted by molar-refractivity contribution is 9.09. The molecule has 0 aliphatic carbocycles. The summed E-state index contributed by atoms with van der Waals surface area (Å²) in [7, 11) is 1.98. The molecule has 1 heterocycles. The number of rotatable bonds is 5. The van der Waals surface area contributed by atoms with Crippen LogP contribution < -0.4 is 4.90 Å². The smallest absolute Gasteiger partial charge is 0.245 e. The summed E-state index contributed by atoms with van der Waals surface area (Å²) in [5.41, 5.74) is 2.07. The van der Waals surface area contributed by atoms with Gasteiger partial charge in [-0.05, 0) is 12.8 Å². The zero-order valence-corrected chi connectivity index (χ0v) is 11.1. The van der Waals surface area contributed by atoms with Crippen molar-refractivity contribution in [1.29, 1.82) is 0 Å². The average Bonchev–Trinajstić information content (AvgIpc) is 2.28. The molecule has 84 valence electrons. The average molecular weight is 273 g/mol. The third-order valence-electron chi connectivity index (χ3n) is 2.26. The molecule has 1 rings (SSSR count). The molecule has 0 aromatic carbocycles. The Morgan fingerprint density at radius 3 is 2.33 bits per heavy atom. The first-order chi connectivity index (χ1) is 7.22. The molecule has 4 nitrogen and oxygen atoms in total. The Labute approximate surface area is 99.2 Å². The molecule has 5 heteroatoms. The van der Waals surface area contributed by atoms with E-state index < -0.39 is 0 Å². The Morgan fingerprint density at radius 1 is 1.13 bits per heavy atom. The van der Waals surface area contributed by atoms with Gasteiger partial charge in [0.15, 0.2) is 0 Å². The predicted octanol–water partition coefficient (Wildman–Crippen LogP) is 1.83. The van der Waals surface area contributed by atoms with Crippen LogP contribution >= 0.6 is 15.9 Å². The lowest BCUT2D eigenvalue weighted by Crippen LogP contribution is -2.23. The quantitative estimate of drug-likeness (QED) is 0.767. The minimum atomic E-state index is 0.712. The number of halogens is 1. The molecule has 0 aliphatic rings. The minimum Gasteiger partial charge on any atom is -0.342 e. The van der Waals surface area contributed by atoms with Crippen molar-refractivity contribution in [2.24, 2.45) is 0 Å². The number of aromatic nitrogens is 3. The van der Waals surface area contributed by atoms with E-state index in [1.807, 2.05) is 11.9 Å². The summed E-state index contributed by atoms with van der Waals surface area (Å²) in [6.07, 6.45) is 1.81. The maximum atomic E-state index is 4.51. The van der Waals surface area contributed by atoms with E-state index in [4.69, 9.17) is 0 Å². The largest absolute Gasteiger partial charge is 0.342 e. The summed E-state index contributed by atoms with van der Waals surface area (Å²) >= 11 is 3.39. The van der Waals surface area contributed by atoms with Crippen LogP contribution in [0, 0.1) is 0 Å². The van der Waals surface area contributed by atoms with E-state index >= 15 is 0 Å². The highest BCUT2D eigenvalue weighted by atomic mass is 79.9. The number of hydrogen-bond acceptors (Lipinski definition) is 4. The van der Waals surface area contributed by atoms with Crippen molar-refractivity contribution in [1.82, 2.24) is 15.2 Å². The summed E-state index contributed by atoms with van der Waals surface area (Å²) in [6, 6.07) is 0. The first-order valence-electron chi connectivity index (χ1n) is 5.22. The van der Waals surface area contributed by atoms with Crippen molar-refractivity contribution in [3.05, 3.63) is 11.4 Å². The van der Waals surface area contributed by atoms with Gasteiger partial charge < -0.3 is 4.90 Å². The second-order valence-electron chi connectivity index (χ2n) is 3.32. The van der Waals surface area contributed by atoms with Gasteiger partial charge in [-0.3, -0.25) is 0 Å². The van der Waals surface area contributed by atoms with Gasteiger partial charge >= 0.3 is 0 Å². The predicted molar refractivity (Wildman–Crippen MR) is 65.6 cm³/mol. The van der Waals surface area contributed by atoms with Gasteiger partial charge in [0, 0.05) is 18.9 Å². The molecule has 0 radical (unpaired) electrons. The molecule has 1 aromatic rings. The lowest BCUT2D eigenvalue weighted by molar-refractivity contribution is 0.785. The molecular weight excluding hydrogens is 256 g/mol. The lowest BCUT2D eigenvalue weighted by atomic mass is 10.2. The van der Waals surface area contributed by atoms with E-state index in [0.29, 0.717) is 5.95 Å². The zero-order chi connectivity index (χ0) is 11.3. The molecule has 15 heavy (non-hydrogen) atoms. The van der Waals surface area contributed by atoms with E-state index in [2.05, 4.69) is 45.0 Å². The van der Waals surface area contributed by atoms with Gasteiger partial charge in [0.2, 0.25) is 5.95 Å². The summed E-state index contributed by atoms with van der Waals surface area (Å²) in [5.74, 6) is 0.712. The standard InChI is InChI=1S/C10H17BrN4/c1-4-8-9(5-2)13-14-10(12-8)15(3)7-6-11/h4-7H2,1-3H3. The molecule has 0 unspecified atom stereocenters. The molecule has 0 aliphatic heterocycles. The van der Waals surface area contributed by atoms with Gasteiger partial charge in [-0.25, -0.2) is 4.98 Å². The first-order valence-corrected chi connectivity index (χ1v) is 6.34. The lowest BCUT2D eigenvalue weighted by Gasteiger charge is -2.15. The number of aryl methyl sites for hydroxylation is 2. The Balaban J connectivity index is 2.92. The second-order valence-corrected chi connectivity index (χ2v) is 4.12. The van der Waals surface area contributed by atoms with Gasteiger partial charge in [-0.2, -0.15) is 5.10 Å². The van der Waals surface area contributed by atoms with Crippen LogP contribution in [0.2, 0.25) is 0 Å². The molecule has 0 spiro atoms. The van der Waals surface area contributed by atoms with Crippen LogP contribution in [0.1, 0.15) is 25.2 Å². The molecule has 0 atom stereocenters. The molecule has 0 fully saturated rings. The van der Waals surface area contributed by atoms with Crippen LogP contribution in [-0.2, 0) is 12.8 Å². The third kappa shape index (κ3) is 3.12. The summed E-state index contributed by atoms with van der Waals surface area (Å²) in [6.45, 7) is 5.06. The summed E-state index contributed by atoms with van der Waals surface area (Å²) < 4.78 is 0. The van der Waals surface area contributed by atoms with Gasteiger partial charge in [-0.1, -0.05) is 29.8 Å². The Hall–Kier alpha value is -0.710. The van der Waals surface area contributed by atoms with Gasteiger partial charge in [0.1, 0.15) is 0 Å². The highest BCUT2D eigenvalue weighted by Gasteiger charge is 2.08. The van der Waals surface area contributed by atoms with Crippen LogP contribution in [-0.4, -0.2) is 34.1 Å². The topological polar surface area (TPSA) is 41.9 Å². The van der Waals surface area contributed by atoms with Crippen LogP contribution in [0.25, 0.3) is 0 Å². The number of anilines is 1. The maximum absolute atomic E-state index is 4.51. The second kappa shape index (κ2) is 6.00. The number of hydrogen-bond donors (Lipinski definition) is 0. The summed E-state index contributed by atoms with van der Waals surface area (Å²) in [4.78, 5) is 6.51. The fourth-order valence-electron chi connectivity index (χ4n) is 1.32. The summed E-state index contributed by atoms with van der Waals surface area (Å²) in [5, 5.41) is 9.23. The van der Waals surface area contributed by atoms with Crippen molar-refractivity contribution in [3.8, 4) is 0 Å². The van der Waals surface area contributed by atoms with E-state index in [9.17, 15) is 0 Å². The molecule has 0 saturated carbocycles. The van der Waals surface area contributed by atoms with Crippen molar-refractivity contribution in [2.45, 2.75) is 26.7 Å². The van der Waals surface area contributed by atoms with Crippen molar-refractivity contribution in [3.63, 3.8) is 0 Å². The SMILES string of the molecule is CCc1nnc(N(C)CCBr)nc1CC. The molecule has 0 amide bonds. The van der Waals surface area contributed by atoms with Crippen LogP contribution in [0.15, 0.2) is 0 Å². The normalized spacial score (nSPS) is 10.4. The van der Waals surface area contributed by atoms with E-state index in [1.165, 1.54) is 0 Å². The minimum absolute atomic E-state index is 0.712.